The van der Waals surface area contributed by atoms with Gasteiger partial charge in [0.15, 0.2) is 0 Å². The third-order valence-corrected chi connectivity index (χ3v) is 10.4. The van der Waals surface area contributed by atoms with Crippen molar-refractivity contribution in [1.29, 1.82) is 0 Å². The summed E-state index contributed by atoms with van der Waals surface area (Å²) in [5, 5.41) is 2.00. The number of aromatic nitrogens is 4. The van der Waals surface area contributed by atoms with Crippen LogP contribution in [0.5, 0.6) is 11.5 Å². The first-order valence-corrected chi connectivity index (χ1v) is 16.7. The molecular formula is C41H32N4OPt. The van der Waals surface area contributed by atoms with Gasteiger partial charge in [-0.3, -0.25) is 0 Å². The molecule has 0 saturated carbocycles. The average Bonchev–Trinajstić information content (AvgIpc) is 3.79. The van der Waals surface area contributed by atoms with Crippen LogP contribution in [0.1, 0.15) is 37.4 Å². The Hall–Kier alpha value is -4.99. The Labute approximate surface area is 292 Å². The summed E-state index contributed by atoms with van der Waals surface area (Å²) in [6.45, 7) is -4.68. The average molecular weight is 798 g/mol. The number of pyridine rings is 1. The van der Waals surface area contributed by atoms with E-state index in [1.165, 1.54) is 10.1 Å². The number of imidazole rings is 1. The third-order valence-electron chi connectivity index (χ3n) is 9.30. The van der Waals surface area contributed by atoms with E-state index in [1.54, 1.807) is 12.3 Å². The summed E-state index contributed by atoms with van der Waals surface area (Å²) in [4.78, 5) is 4.84. The van der Waals surface area contributed by atoms with Gasteiger partial charge in [0.1, 0.15) is 0 Å². The van der Waals surface area contributed by atoms with Crippen molar-refractivity contribution >= 4 is 32.8 Å². The van der Waals surface area contributed by atoms with E-state index >= 15 is 0 Å². The van der Waals surface area contributed by atoms with Gasteiger partial charge in [-0.1, -0.05) is 48.5 Å². The number of fused-ring (bicyclic) bond motifs is 5. The fourth-order valence-electron chi connectivity index (χ4n) is 7.14. The number of hydrogen-bond donors (Lipinski definition) is 0. The molecule has 0 fully saturated rings. The van der Waals surface area contributed by atoms with Crippen LogP contribution in [0.3, 0.4) is 0 Å². The molecule has 6 heteroatoms. The molecule has 9 rings (SSSR count). The van der Waals surface area contributed by atoms with Crippen LogP contribution in [-0.4, -0.2) is 18.7 Å². The Kier molecular flexibility index (Phi) is 5.30. The molecule has 3 heterocycles. The minimum Gasteiger partial charge on any atom is -0.238 e. The zero-order chi connectivity index (χ0) is 36.6. The number of nitrogens with zero attached hydrogens (tertiary/aromatic N) is 4. The number of aryl methyl sites for hydroxylation is 3. The van der Waals surface area contributed by atoms with Crippen LogP contribution in [0.4, 0.5) is 0 Å². The quantitative estimate of drug-likeness (QED) is 0.174. The third kappa shape index (κ3) is 4.56. The molecule has 0 saturated heterocycles. The molecule has 8 aromatic rings. The summed E-state index contributed by atoms with van der Waals surface area (Å²) in [6, 6.07) is 38.9. The summed E-state index contributed by atoms with van der Waals surface area (Å²) < 4.78 is 62.9. The summed E-state index contributed by atoms with van der Waals surface area (Å²) in [6.07, 6.45) is 3.37. The maximum absolute atomic E-state index is 8.42. The van der Waals surface area contributed by atoms with Crippen molar-refractivity contribution in [2.45, 2.75) is 25.7 Å². The van der Waals surface area contributed by atoms with Crippen LogP contribution in [0.2, 0.25) is 0 Å². The van der Waals surface area contributed by atoms with Crippen LogP contribution < -0.4 is 4.74 Å². The number of rotatable bonds is 5. The van der Waals surface area contributed by atoms with E-state index < -0.39 is 13.8 Å². The van der Waals surface area contributed by atoms with Crippen LogP contribution in [-0.2, 0) is 32.8 Å². The first-order valence-electron chi connectivity index (χ1n) is 18.6. The zero-order valence-corrected chi connectivity index (χ0v) is 27.4. The van der Waals surface area contributed by atoms with Gasteiger partial charge in [0.05, 0.1) is 0 Å². The first-order chi connectivity index (χ1) is 25.5. The van der Waals surface area contributed by atoms with Gasteiger partial charge < -0.3 is 0 Å². The van der Waals surface area contributed by atoms with Crippen molar-refractivity contribution in [1.82, 2.24) is 18.7 Å². The summed E-state index contributed by atoms with van der Waals surface area (Å²) in [7, 11) is 0. The Balaban J connectivity index is 1.13. The normalized spacial score (nSPS) is 16.8. The SMILES string of the molecule is [2H]C([2H])([2H])c1cc(-n2c3ccccc3c3ccc(Oc4ccc5c(c4)C(n4[c](=[Pt])n(C([2H])([2H])[2H])c6ccccc64)CC5)cc32)ncc1-c1ccccc1. The molecule has 232 valence electrons. The molecule has 1 aliphatic rings. The zero-order valence-electron chi connectivity index (χ0n) is 31.1. The molecule has 0 aliphatic heterocycles. The van der Waals surface area contributed by atoms with E-state index in [9.17, 15) is 0 Å². The Morgan fingerprint density at radius 2 is 1.51 bits per heavy atom. The predicted octanol–water partition coefficient (Wildman–Crippen LogP) is 9.85. The smallest absolute Gasteiger partial charge is 0.0374 e. The largest absolute Gasteiger partial charge is 0.238 e. The van der Waals surface area contributed by atoms with E-state index in [4.69, 9.17) is 17.9 Å². The molecule has 1 atom stereocenters. The van der Waals surface area contributed by atoms with E-state index in [-0.39, 0.29) is 11.6 Å². The van der Waals surface area contributed by atoms with Crippen LogP contribution >= 0.6 is 0 Å². The van der Waals surface area contributed by atoms with E-state index in [0.29, 0.717) is 32.2 Å². The number of para-hydroxylation sites is 3. The maximum atomic E-state index is 8.42. The van der Waals surface area contributed by atoms with E-state index in [2.05, 4.69) is 42.1 Å². The van der Waals surface area contributed by atoms with Gasteiger partial charge in [-0.2, -0.15) is 0 Å². The Morgan fingerprint density at radius 3 is 2.36 bits per heavy atom. The van der Waals surface area contributed by atoms with Crippen LogP contribution in [0, 0.1) is 10.7 Å². The van der Waals surface area contributed by atoms with Crippen molar-refractivity contribution in [2.75, 3.05) is 0 Å². The number of benzene rings is 5. The Bertz CT molecular complexity index is 2780. The van der Waals surface area contributed by atoms with Crippen molar-refractivity contribution < 1.29 is 32.3 Å². The molecule has 5 aromatic carbocycles. The molecule has 0 bridgehead atoms. The second-order valence-corrected chi connectivity index (χ2v) is 13.0. The predicted molar refractivity (Wildman–Crippen MR) is 186 cm³/mol. The van der Waals surface area contributed by atoms with Gasteiger partial charge in [-0.25, -0.2) is 4.98 Å². The van der Waals surface area contributed by atoms with Crippen molar-refractivity contribution in [3.8, 4) is 28.4 Å². The van der Waals surface area contributed by atoms with Crippen molar-refractivity contribution in [2.24, 2.45) is 6.98 Å². The molecule has 5 nitrogen and oxygen atoms in total. The van der Waals surface area contributed by atoms with Crippen molar-refractivity contribution in [3.63, 3.8) is 0 Å². The van der Waals surface area contributed by atoms with Crippen LogP contribution in [0.15, 0.2) is 128 Å². The van der Waals surface area contributed by atoms with Gasteiger partial charge in [-0.05, 0) is 30.1 Å². The molecule has 0 spiro atoms. The van der Waals surface area contributed by atoms with Gasteiger partial charge in [0.25, 0.3) is 0 Å². The summed E-state index contributed by atoms with van der Waals surface area (Å²) in [5.74, 6) is 1.79. The number of hydrogen-bond acceptors (Lipinski definition) is 2. The van der Waals surface area contributed by atoms with Crippen molar-refractivity contribution in [3.05, 3.63) is 148 Å². The minimum atomic E-state index is -2.36. The van der Waals surface area contributed by atoms with E-state index in [1.807, 2.05) is 102 Å². The molecule has 0 amide bonds. The van der Waals surface area contributed by atoms with Gasteiger partial charge in [0.2, 0.25) is 0 Å². The second kappa shape index (κ2) is 11.1. The van der Waals surface area contributed by atoms with Gasteiger partial charge in [0, 0.05) is 15.9 Å². The summed E-state index contributed by atoms with van der Waals surface area (Å²) >= 11 is 2.14. The van der Waals surface area contributed by atoms with Crippen LogP contribution in [0.25, 0.3) is 49.8 Å². The molecule has 0 radical (unpaired) electrons. The molecule has 47 heavy (non-hydrogen) atoms. The summed E-state index contributed by atoms with van der Waals surface area (Å²) in [5.41, 5.74) is 7.21. The Morgan fingerprint density at radius 1 is 0.766 bits per heavy atom. The first kappa shape index (κ1) is 22.5. The molecule has 0 N–H and O–H groups in total. The molecular weight excluding hydrogens is 760 g/mol. The van der Waals surface area contributed by atoms with E-state index in [0.717, 1.165) is 51.3 Å². The minimum absolute atomic E-state index is 0.0584. The number of ether oxygens (including phenoxy) is 1. The fraction of sp³-hybridized carbons (Fsp3) is 0.122. The van der Waals surface area contributed by atoms with Gasteiger partial charge in [-0.15, -0.1) is 0 Å². The maximum Gasteiger partial charge on any atom is 0.0374 e. The standard InChI is InChI=1S/C41H32N4O.Pt/c1-27-22-41(42-25-35(27)28-10-4-3-5-11-28)45-37-13-7-6-12-32(37)33-20-19-31(24-40(33)45)46-30-18-16-29-17-21-36(34(29)23-30)44-26-43(2)38-14-8-9-15-39(38)44;/h3-16,18-20,22-25,36H,17,21H2,1-2H3;/i1D3,2D3;. The fourth-order valence-corrected chi connectivity index (χ4v) is 8.04. The topological polar surface area (TPSA) is 36.9 Å². The van der Waals surface area contributed by atoms with Gasteiger partial charge >= 0.3 is 194 Å². The molecule has 1 aliphatic carbocycles. The molecule has 1 unspecified atom stereocenters. The second-order valence-electron chi connectivity index (χ2n) is 11.9. The molecule has 3 aromatic heterocycles. The monoisotopic (exact) mass is 797 g/mol.